The largest absolute Gasteiger partial charge is 0.466 e. The van der Waals surface area contributed by atoms with Crippen LogP contribution in [-0.4, -0.2) is 73.5 Å². The van der Waals surface area contributed by atoms with E-state index in [0.717, 1.165) is 64.4 Å². The molecule has 0 unspecified atom stereocenters. The van der Waals surface area contributed by atoms with Crippen LogP contribution in [-0.2, 0) is 14.3 Å². The van der Waals surface area contributed by atoms with Crippen molar-refractivity contribution in [3.05, 3.63) is 0 Å². The second-order valence-corrected chi connectivity index (χ2v) is 6.27. The zero-order valence-electron chi connectivity index (χ0n) is 15.3. The Hall–Kier alpha value is -1.06. The molecule has 7 nitrogen and oxygen atoms in total. The third-order valence-electron chi connectivity index (χ3n) is 4.57. The van der Waals surface area contributed by atoms with E-state index in [1.165, 1.54) is 0 Å². The monoisotopic (exact) mass is 466 g/mol. The molecule has 2 rings (SSSR count). The number of aliphatic imine (C=N–C) groups is 1. The van der Waals surface area contributed by atoms with Crippen molar-refractivity contribution in [3.8, 4) is 0 Å². The van der Waals surface area contributed by atoms with E-state index < -0.39 is 0 Å². The van der Waals surface area contributed by atoms with E-state index in [0.29, 0.717) is 6.61 Å². The quantitative estimate of drug-likeness (QED) is 0.288. The third kappa shape index (κ3) is 6.63. The van der Waals surface area contributed by atoms with Crippen molar-refractivity contribution in [2.45, 2.75) is 39.5 Å². The molecule has 2 saturated heterocycles. The van der Waals surface area contributed by atoms with Crippen LogP contribution in [0.4, 0.5) is 0 Å². The van der Waals surface area contributed by atoms with Gasteiger partial charge in [-0.2, -0.15) is 0 Å². The number of nitrogens with one attached hydrogen (secondary N) is 1. The van der Waals surface area contributed by atoms with Crippen LogP contribution in [0.5, 0.6) is 0 Å². The van der Waals surface area contributed by atoms with E-state index >= 15 is 0 Å². The lowest BCUT2D eigenvalue weighted by atomic mass is 9.97. The molecule has 25 heavy (non-hydrogen) atoms. The summed E-state index contributed by atoms with van der Waals surface area (Å²) < 4.78 is 5.11. The fourth-order valence-electron chi connectivity index (χ4n) is 3.22. The smallest absolute Gasteiger partial charge is 0.309 e. The van der Waals surface area contributed by atoms with Crippen LogP contribution in [0, 0.1) is 5.92 Å². The van der Waals surface area contributed by atoms with Crippen molar-refractivity contribution in [1.82, 2.24) is 15.1 Å². The highest BCUT2D eigenvalue weighted by molar-refractivity contribution is 14.0. The highest BCUT2D eigenvalue weighted by atomic mass is 127. The number of amides is 1. The lowest BCUT2D eigenvalue weighted by Crippen LogP contribution is -2.47. The number of esters is 1. The second-order valence-electron chi connectivity index (χ2n) is 6.27. The number of hydrogen-bond acceptors (Lipinski definition) is 4. The van der Waals surface area contributed by atoms with Gasteiger partial charge in [-0.25, -0.2) is 4.99 Å². The van der Waals surface area contributed by atoms with Crippen molar-refractivity contribution in [3.63, 3.8) is 0 Å². The number of halogens is 1. The van der Waals surface area contributed by atoms with Gasteiger partial charge in [0.2, 0.25) is 5.91 Å². The normalized spacial score (nSPS) is 18.7. The molecule has 0 aromatic rings. The zero-order valence-corrected chi connectivity index (χ0v) is 17.7. The minimum absolute atomic E-state index is 0. The molecule has 0 aromatic carbocycles. The molecule has 0 radical (unpaired) electrons. The van der Waals surface area contributed by atoms with Crippen molar-refractivity contribution < 1.29 is 14.3 Å². The Labute approximate surface area is 167 Å². The number of rotatable bonds is 5. The maximum Gasteiger partial charge on any atom is 0.309 e. The Morgan fingerprint density at radius 2 is 1.72 bits per heavy atom. The highest BCUT2D eigenvalue weighted by Crippen LogP contribution is 2.18. The summed E-state index contributed by atoms with van der Waals surface area (Å²) in [4.78, 5) is 32.5. The Balaban J connectivity index is 0.00000312. The number of carbonyl (C=O) groups is 2. The van der Waals surface area contributed by atoms with Crippen molar-refractivity contribution in [1.29, 1.82) is 0 Å². The van der Waals surface area contributed by atoms with Gasteiger partial charge in [0.1, 0.15) is 6.54 Å². The van der Waals surface area contributed by atoms with Crippen LogP contribution in [0.25, 0.3) is 0 Å². The number of hydrogen-bond donors (Lipinski definition) is 1. The average Bonchev–Trinajstić information content (AvgIpc) is 3.13. The van der Waals surface area contributed by atoms with Gasteiger partial charge < -0.3 is 19.9 Å². The fraction of sp³-hybridized carbons (Fsp3) is 0.824. The molecule has 0 atom stereocenters. The molecular formula is C17H31IN4O3. The first-order valence-electron chi connectivity index (χ1n) is 9.13. The number of guanidine groups is 1. The molecule has 144 valence electrons. The van der Waals surface area contributed by atoms with Gasteiger partial charge in [0.05, 0.1) is 12.5 Å². The summed E-state index contributed by atoms with van der Waals surface area (Å²) in [5.41, 5.74) is 0. The predicted octanol–water partition coefficient (Wildman–Crippen LogP) is 1.47. The van der Waals surface area contributed by atoms with Gasteiger partial charge in [0.15, 0.2) is 5.96 Å². The third-order valence-corrected chi connectivity index (χ3v) is 4.57. The molecule has 0 aliphatic carbocycles. The van der Waals surface area contributed by atoms with Gasteiger partial charge in [0, 0.05) is 32.7 Å². The summed E-state index contributed by atoms with van der Waals surface area (Å²) in [7, 11) is 0. The van der Waals surface area contributed by atoms with Gasteiger partial charge in [-0.3, -0.25) is 9.59 Å². The minimum Gasteiger partial charge on any atom is -0.466 e. The highest BCUT2D eigenvalue weighted by Gasteiger charge is 2.27. The first-order chi connectivity index (χ1) is 11.7. The van der Waals surface area contributed by atoms with E-state index in [9.17, 15) is 9.59 Å². The maximum absolute atomic E-state index is 12.2. The van der Waals surface area contributed by atoms with Crippen LogP contribution in [0.3, 0.4) is 0 Å². The Kier molecular flexibility index (Phi) is 10.1. The van der Waals surface area contributed by atoms with Crippen molar-refractivity contribution >= 4 is 41.8 Å². The molecule has 0 aromatic heterocycles. The molecule has 2 heterocycles. The lowest BCUT2D eigenvalue weighted by Gasteiger charge is -2.33. The van der Waals surface area contributed by atoms with Crippen molar-refractivity contribution in [2.75, 3.05) is 45.9 Å². The zero-order chi connectivity index (χ0) is 17.4. The molecule has 0 bridgehead atoms. The molecular weight excluding hydrogens is 435 g/mol. The van der Waals surface area contributed by atoms with Crippen LogP contribution >= 0.6 is 24.0 Å². The number of ether oxygens (including phenoxy) is 1. The summed E-state index contributed by atoms with van der Waals surface area (Å²) in [5.74, 6) is 0.760. The summed E-state index contributed by atoms with van der Waals surface area (Å²) in [6, 6.07) is 0. The Morgan fingerprint density at radius 3 is 2.28 bits per heavy atom. The molecule has 2 aliphatic rings. The maximum atomic E-state index is 12.2. The number of carbonyl (C=O) groups excluding carboxylic acids is 2. The topological polar surface area (TPSA) is 74.2 Å². The lowest BCUT2D eigenvalue weighted by molar-refractivity contribution is -0.149. The van der Waals surface area contributed by atoms with E-state index in [1.807, 2.05) is 18.7 Å². The summed E-state index contributed by atoms with van der Waals surface area (Å²) in [5, 5.41) is 3.26. The molecule has 0 spiro atoms. The Morgan fingerprint density at radius 1 is 1.08 bits per heavy atom. The molecule has 0 saturated carbocycles. The van der Waals surface area contributed by atoms with Crippen LogP contribution in [0.1, 0.15) is 39.5 Å². The number of piperidine rings is 1. The van der Waals surface area contributed by atoms with Gasteiger partial charge in [-0.05, 0) is 39.5 Å². The summed E-state index contributed by atoms with van der Waals surface area (Å²) in [6.45, 7) is 8.46. The number of likely N-dealkylation sites (tertiary alicyclic amines) is 2. The Bertz CT molecular complexity index is 459. The van der Waals surface area contributed by atoms with Crippen molar-refractivity contribution in [2.24, 2.45) is 10.9 Å². The fourth-order valence-corrected chi connectivity index (χ4v) is 3.22. The van der Waals surface area contributed by atoms with Crippen LogP contribution < -0.4 is 5.32 Å². The summed E-state index contributed by atoms with van der Waals surface area (Å²) >= 11 is 0. The molecule has 2 aliphatic heterocycles. The van der Waals surface area contributed by atoms with Crippen LogP contribution in [0.2, 0.25) is 0 Å². The molecule has 8 heteroatoms. The predicted molar refractivity (Wildman–Crippen MR) is 108 cm³/mol. The molecule has 1 N–H and O–H groups in total. The first-order valence-corrected chi connectivity index (χ1v) is 9.13. The van der Waals surface area contributed by atoms with Crippen LogP contribution in [0.15, 0.2) is 4.99 Å². The van der Waals surface area contributed by atoms with Gasteiger partial charge in [0.25, 0.3) is 0 Å². The van der Waals surface area contributed by atoms with Gasteiger partial charge >= 0.3 is 5.97 Å². The molecule has 2 fully saturated rings. The minimum atomic E-state index is -0.0942. The average molecular weight is 466 g/mol. The van der Waals surface area contributed by atoms with Gasteiger partial charge in [-0.15, -0.1) is 24.0 Å². The molecule has 1 amide bonds. The standard InChI is InChI=1S/C17H30N4O3.HI/c1-3-18-17(19-13-15(22)20-9-5-6-10-20)21-11-7-14(8-12-21)16(23)24-4-2;/h14H,3-13H2,1-2H3,(H,18,19);1H. The number of nitrogens with zero attached hydrogens (tertiary/aromatic N) is 3. The SMILES string of the molecule is CCNC(=NCC(=O)N1CCCC1)N1CCC(C(=O)OCC)CC1.I. The van der Waals surface area contributed by atoms with E-state index in [4.69, 9.17) is 4.74 Å². The van der Waals surface area contributed by atoms with E-state index in [2.05, 4.69) is 15.2 Å². The first kappa shape index (κ1) is 22.0. The van der Waals surface area contributed by atoms with E-state index in [1.54, 1.807) is 0 Å². The van der Waals surface area contributed by atoms with Gasteiger partial charge in [-0.1, -0.05) is 0 Å². The second kappa shape index (κ2) is 11.5. The summed E-state index contributed by atoms with van der Waals surface area (Å²) in [6.07, 6.45) is 3.72. The van der Waals surface area contributed by atoms with E-state index in [-0.39, 0.29) is 48.3 Å².